The van der Waals surface area contributed by atoms with Crippen molar-refractivity contribution in [2.24, 2.45) is 5.92 Å². The van der Waals surface area contributed by atoms with Gasteiger partial charge in [0.25, 0.3) is 0 Å². The van der Waals surface area contributed by atoms with E-state index in [1.165, 1.54) is 0 Å². The lowest BCUT2D eigenvalue weighted by atomic mass is 10.1. The number of allylic oxidation sites excluding steroid dienone is 2. The minimum atomic E-state index is 0.0448. The summed E-state index contributed by atoms with van der Waals surface area (Å²) < 4.78 is 5.72. The number of ether oxygens (including phenoxy) is 1. The number of hydrogen-bond acceptors (Lipinski definition) is 3. The molecule has 0 fully saturated rings. The van der Waals surface area contributed by atoms with Gasteiger partial charge in [0.15, 0.2) is 0 Å². The van der Waals surface area contributed by atoms with Gasteiger partial charge in [0.05, 0.1) is 5.69 Å². The van der Waals surface area contributed by atoms with Gasteiger partial charge in [-0.2, -0.15) is 0 Å². The van der Waals surface area contributed by atoms with Crippen LogP contribution in [0.5, 0.6) is 5.75 Å². The molecule has 1 aliphatic rings. The van der Waals surface area contributed by atoms with Gasteiger partial charge in [0, 0.05) is 24.4 Å². The van der Waals surface area contributed by atoms with Gasteiger partial charge in [-0.15, -0.1) is 0 Å². The quantitative estimate of drug-likeness (QED) is 0.822. The molecule has 0 bridgehead atoms. The van der Waals surface area contributed by atoms with E-state index in [4.69, 9.17) is 4.74 Å². The van der Waals surface area contributed by atoms with E-state index in [0.717, 1.165) is 24.2 Å². The van der Waals surface area contributed by atoms with E-state index >= 15 is 0 Å². The first-order chi connectivity index (χ1) is 11.3. The van der Waals surface area contributed by atoms with Crippen LogP contribution in [0.4, 0.5) is 5.69 Å². The zero-order valence-corrected chi connectivity index (χ0v) is 12.9. The van der Waals surface area contributed by atoms with Gasteiger partial charge < -0.3 is 10.1 Å². The number of benzene rings is 1. The number of carbonyl (C=O) groups is 1. The third kappa shape index (κ3) is 4.68. The van der Waals surface area contributed by atoms with Gasteiger partial charge in [-0.05, 0) is 43.0 Å². The average Bonchev–Trinajstić information content (AvgIpc) is 3.07. The Labute approximate surface area is 136 Å². The van der Waals surface area contributed by atoms with E-state index in [1.54, 1.807) is 6.20 Å². The Kier molecular flexibility index (Phi) is 5.04. The van der Waals surface area contributed by atoms with Crippen molar-refractivity contribution in [3.8, 4) is 5.75 Å². The minimum Gasteiger partial charge on any atom is -0.487 e. The lowest BCUT2D eigenvalue weighted by Crippen LogP contribution is -2.14. The molecule has 1 heterocycles. The van der Waals surface area contributed by atoms with Crippen molar-refractivity contribution in [2.45, 2.75) is 25.9 Å². The van der Waals surface area contributed by atoms with Gasteiger partial charge in [0.1, 0.15) is 12.4 Å². The Bertz CT molecular complexity index is 683. The van der Waals surface area contributed by atoms with E-state index in [0.29, 0.717) is 24.7 Å². The van der Waals surface area contributed by atoms with Gasteiger partial charge in [-0.25, -0.2) is 0 Å². The van der Waals surface area contributed by atoms with Gasteiger partial charge in [0.2, 0.25) is 5.91 Å². The van der Waals surface area contributed by atoms with E-state index in [9.17, 15) is 4.79 Å². The lowest BCUT2D eigenvalue weighted by Gasteiger charge is -2.10. The third-order valence-electron chi connectivity index (χ3n) is 3.79. The summed E-state index contributed by atoms with van der Waals surface area (Å²) in [7, 11) is 0. The molecule has 0 saturated heterocycles. The molecule has 1 aliphatic carbocycles. The Morgan fingerprint density at radius 2 is 2.22 bits per heavy atom. The summed E-state index contributed by atoms with van der Waals surface area (Å²) >= 11 is 0. The van der Waals surface area contributed by atoms with Crippen LogP contribution in [0.1, 0.15) is 25.0 Å². The molecule has 0 unspecified atom stereocenters. The molecule has 3 rings (SSSR count). The van der Waals surface area contributed by atoms with Crippen molar-refractivity contribution in [2.75, 3.05) is 5.32 Å². The van der Waals surface area contributed by atoms with Crippen molar-refractivity contribution in [3.63, 3.8) is 0 Å². The SMILES string of the molecule is O=C(C[C@@H]1C=CCC1)Nc1cccc(OCc2ccccn2)c1. The van der Waals surface area contributed by atoms with Crippen molar-refractivity contribution >= 4 is 11.6 Å². The first-order valence-electron chi connectivity index (χ1n) is 7.89. The number of nitrogens with zero attached hydrogens (tertiary/aromatic N) is 1. The van der Waals surface area contributed by atoms with Crippen LogP contribution < -0.4 is 10.1 Å². The summed E-state index contributed by atoms with van der Waals surface area (Å²) in [4.78, 5) is 16.3. The number of hydrogen-bond donors (Lipinski definition) is 1. The standard InChI is InChI=1S/C19H20N2O2/c22-19(12-15-6-1-2-7-15)21-16-9-5-10-18(13-16)23-14-17-8-3-4-11-20-17/h1,3-6,8-11,13,15H,2,7,12,14H2,(H,21,22)/t15-/m1/s1. The molecule has 23 heavy (non-hydrogen) atoms. The number of anilines is 1. The number of amides is 1. The van der Waals surface area contributed by atoms with E-state index in [-0.39, 0.29) is 5.91 Å². The molecule has 1 aromatic carbocycles. The second-order valence-electron chi connectivity index (χ2n) is 5.66. The highest BCUT2D eigenvalue weighted by molar-refractivity contribution is 5.91. The minimum absolute atomic E-state index is 0.0448. The monoisotopic (exact) mass is 308 g/mol. The van der Waals surface area contributed by atoms with Crippen LogP contribution >= 0.6 is 0 Å². The number of nitrogens with one attached hydrogen (secondary N) is 1. The molecule has 0 saturated carbocycles. The number of pyridine rings is 1. The first-order valence-corrected chi connectivity index (χ1v) is 7.89. The predicted molar refractivity (Wildman–Crippen MR) is 90.1 cm³/mol. The number of aromatic nitrogens is 1. The molecule has 4 nitrogen and oxygen atoms in total. The smallest absolute Gasteiger partial charge is 0.224 e. The fourth-order valence-electron chi connectivity index (χ4n) is 2.62. The molecule has 0 spiro atoms. The average molecular weight is 308 g/mol. The lowest BCUT2D eigenvalue weighted by molar-refractivity contribution is -0.116. The van der Waals surface area contributed by atoms with Crippen LogP contribution in [0.25, 0.3) is 0 Å². The summed E-state index contributed by atoms with van der Waals surface area (Å²) in [6.45, 7) is 0.408. The van der Waals surface area contributed by atoms with Crippen molar-refractivity contribution in [3.05, 3.63) is 66.5 Å². The fourth-order valence-corrected chi connectivity index (χ4v) is 2.62. The molecule has 0 aliphatic heterocycles. The van der Waals surface area contributed by atoms with Crippen molar-refractivity contribution in [1.29, 1.82) is 0 Å². The van der Waals surface area contributed by atoms with Crippen LogP contribution in [0.15, 0.2) is 60.8 Å². The molecule has 1 aromatic heterocycles. The maximum Gasteiger partial charge on any atom is 0.224 e. The molecule has 118 valence electrons. The van der Waals surface area contributed by atoms with Crippen LogP contribution in [0.2, 0.25) is 0 Å². The zero-order chi connectivity index (χ0) is 15.9. The molecule has 1 amide bonds. The topological polar surface area (TPSA) is 51.2 Å². The molecule has 0 radical (unpaired) electrons. The Morgan fingerprint density at radius 3 is 3.00 bits per heavy atom. The Balaban J connectivity index is 1.54. The maximum atomic E-state index is 12.1. The predicted octanol–water partition coefficient (Wildman–Crippen LogP) is 3.96. The Hall–Kier alpha value is -2.62. The van der Waals surface area contributed by atoms with E-state index in [2.05, 4.69) is 22.5 Å². The van der Waals surface area contributed by atoms with Gasteiger partial charge >= 0.3 is 0 Å². The normalized spacial score (nSPS) is 16.3. The summed E-state index contributed by atoms with van der Waals surface area (Å²) in [5.74, 6) is 1.14. The molecular formula is C19H20N2O2. The second-order valence-corrected chi connectivity index (χ2v) is 5.66. The molecular weight excluding hydrogens is 288 g/mol. The number of carbonyl (C=O) groups excluding carboxylic acids is 1. The maximum absolute atomic E-state index is 12.1. The van der Waals surface area contributed by atoms with Crippen LogP contribution in [-0.4, -0.2) is 10.9 Å². The highest BCUT2D eigenvalue weighted by Gasteiger charge is 2.14. The highest BCUT2D eigenvalue weighted by atomic mass is 16.5. The molecule has 1 N–H and O–H groups in total. The highest BCUT2D eigenvalue weighted by Crippen LogP contribution is 2.22. The summed E-state index contributed by atoms with van der Waals surface area (Å²) in [6.07, 6.45) is 8.70. The van der Waals surface area contributed by atoms with Crippen LogP contribution in [0.3, 0.4) is 0 Å². The van der Waals surface area contributed by atoms with Gasteiger partial charge in [-0.1, -0.05) is 24.3 Å². The van der Waals surface area contributed by atoms with E-state index in [1.807, 2.05) is 42.5 Å². The summed E-state index contributed by atoms with van der Waals surface area (Å²) in [5.41, 5.74) is 1.63. The second kappa shape index (κ2) is 7.58. The molecule has 1 atom stereocenters. The third-order valence-corrected chi connectivity index (χ3v) is 3.79. The van der Waals surface area contributed by atoms with Crippen LogP contribution in [0, 0.1) is 5.92 Å². The van der Waals surface area contributed by atoms with Gasteiger partial charge in [-0.3, -0.25) is 9.78 Å². The number of rotatable bonds is 6. The summed E-state index contributed by atoms with van der Waals surface area (Å²) in [6, 6.07) is 13.2. The fraction of sp³-hybridized carbons (Fsp3) is 0.263. The van der Waals surface area contributed by atoms with Crippen LogP contribution in [-0.2, 0) is 11.4 Å². The summed E-state index contributed by atoms with van der Waals surface area (Å²) in [5, 5.41) is 2.94. The Morgan fingerprint density at radius 1 is 1.26 bits per heavy atom. The van der Waals surface area contributed by atoms with E-state index < -0.39 is 0 Å². The van der Waals surface area contributed by atoms with Crippen molar-refractivity contribution in [1.82, 2.24) is 4.98 Å². The first kappa shape index (κ1) is 15.3. The largest absolute Gasteiger partial charge is 0.487 e. The van der Waals surface area contributed by atoms with Crippen molar-refractivity contribution < 1.29 is 9.53 Å². The molecule has 2 aromatic rings. The molecule has 4 heteroatoms. The zero-order valence-electron chi connectivity index (χ0n) is 12.9.